The van der Waals surface area contributed by atoms with E-state index in [0.29, 0.717) is 25.2 Å². The van der Waals surface area contributed by atoms with Crippen LogP contribution in [0.1, 0.15) is 12.0 Å². The molecule has 2 rings (SSSR count). The molecule has 1 amide bonds. The number of amides is 1. The van der Waals surface area contributed by atoms with Crippen LogP contribution in [-0.2, 0) is 4.79 Å². The zero-order chi connectivity index (χ0) is 16.5. The van der Waals surface area contributed by atoms with Gasteiger partial charge in [0.2, 0.25) is 0 Å². The van der Waals surface area contributed by atoms with E-state index in [2.05, 4.69) is 10.3 Å². The van der Waals surface area contributed by atoms with Gasteiger partial charge in [-0.1, -0.05) is 36.4 Å². The topological polar surface area (TPSA) is 68.5 Å². The van der Waals surface area contributed by atoms with Crippen molar-refractivity contribution >= 4 is 11.6 Å². The first-order valence-electron chi connectivity index (χ1n) is 7.45. The molecule has 0 fully saturated rings. The quantitative estimate of drug-likeness (QED) is 0.497. The molecule has 23 heavy (non-hydrogen) atoms. The summed E-state index contributed by atoms with van der Waals surface area (Å²) in [6, 6.07) is 9.77. The van der Waals surface area contributed by atoms with E-state index >= 15 is 0 Å². The summed E-state index contributed by atoms with van der Waals surface area (Å²) in [7, 11) is 1.74. The van der Waals surface area contributed by atoms with Crippen molar-refractivity contribution in [1.29, 1.82) is 5.26 Å². The van der Waals surface area contributed by atoms with Crippen molar-refractivity contribution in [3.63, 3.8) is 0 Å². The molecule has 0 aromatic heterocycles. The maximum absolute atomic E-state index is 12.5. The summed E-state index contributed by atoms with van der Waals surface area (Å²) in [6.07, 6.45) is 9.88. The molecular weight excluding hydrogens is 288 g/mol. The highest BCUT2D eigenvalue weighted by Gasteiger charge is 2.15. The van der Waals surface area contributed by atoms with Gasteiger partial charge in [-0.15, -0.1) is 0 Å². The maximum atomic E-state index is 12.5. The largest absolute Gasteiger partial charge is 0.340 e. The Morgan fingerprint density at radius 2 is 2.13 bits per heavy atom. The van der Waals surface area contributed by atoms with Gasteiger partial charge in [0.1, 0.15) is 5.70 Å². The van der Waals surface area contributed by atoms with Crippen molar-refractivity contribution in [3.05, 3.63) is 66.2 Å². The van der Waals surface area contributed by atoms with E-state index in [0.717, 1.165) is 11.3 Å². The Morgan fingerprint density at radius 1 is 1.35 bits per heavy atom. The Kier molecular flexibility index (Phi) is 6.13. The normalized spacial score (nSPS) is 13.4. The summed E-state index contributed by atoms with van der Waals surface area (Å²) in [5, 5.41) is 11.0. The average molecular weight is 307 g/mol. The standard InChI is InChI=1S/C18H19N4O/c1-22(13-7-12-20-14-19)18(23)17-11-6-5-10-16(21-17)15-8-3-2-4-9-15/h2-6,8-11,20H,7,12-13H2,1H3. The molecule has 1 heterocycles. The van der Waals surface area contributed by atoms with Crippen LogP contribution in [0.4, 0.5) is 0 Å². The van der Waals surface area contributed by atoms with E-state index in [4.69, 9.17) is 5.26 Å². The zero-order valence-corrected chi connectivity index (χ0v) is 13.1. The number of carbonyl (C=O) groups is 1. The Balaban J connectivity index is 2.07. The predicted molar refractivity (Wildman–Crippen MR) is 90.4 cm³/mol. The molecule has 1 aromatic rings. The Labute approximate surface area is 136 Å². The Morgan fingerprint density at radius 3 is 2.87 bits per heavy atom. The van der Waals surface area contributed by atoms with Gasteiger partial charge in [-0.3, -0.25) is 4.79 Å². The second-order valence-electron chi connectivity index (χ2n) is 5.09. The third kappa shape index (κ3) is 4.82. The third-order valence-electron chi connectivity index (χ3n) is 3.37. The molecule has 0 spiro atoms. The molecule has 1 aliphatic heterocycles. The Bertz CT molecular complexity index is 668. The van der Waals surface area contributed by atoms with E-state index in [1.54, 1.807) is 18.0 Å². The van der Waals surface area contributed by atoms with Crippen LogP contribution in [0.25, 0.3) is 0 Å². The highest BCUT2D eigenvalue weighted by Crippen LogP contribution is 2.13. The van der Waals surface area contributed by atoms with Gasteiger partial charge < -0.3 is 10.2 Å². The fourth-order valence-corrected chi connectivity index (χ4v) is 2.14. The summed E-state index contributed by atoms with van der Waals surface area (Å²) < 4.78 is 0. The lowest BCUT2D eigenvalue weighted by atomic mass is 10.1. The second kappa shape index (κ2) is 8.54. The third-order valence-corrected chi connectivity index (χ3v) is 3.37. The molecular formula is C18H19N4O. The first-order chi connectivity index (χ1) is 11.2. The number of carbonyl (C=O) groups excluding carboxylic acids is 1. The number of allylic oxidation sites excluding steroid dienone is 3. The van der Waals surface area contributed by atoms with Crippen molar-refractivity contribution in [1.82, 2.24) is 10.2 Å². The number of benzene rings is 1. The molecule has 0 bridgehead atoms. The highest BCUT2D eigenvalue weighted by atomic mass is 16.2. The number of nitriles is 1. The van der Waals surface area contributed by atoms with Crippen molar-refractivity contribution < 1.29 is 4.79 Å². The first-order valence-corrected chi connectivity index (χ1v) is 7.45. The SMILES string of the molecule is CN(CCCNC#N)C(=O)C1=C[CH]C=CC(c2ccccc2)=N1. The minimum Gasteiger partial charge on any atom is -0.340 e. The molecule has 0 saturated heterocycles. The lowest BCUT2D eigenvalue weighted by Crippen LogP contribution is -2.30. The highest BCUT2D eigenvalue weighted by molar-refractivity contribution is 6.11. The van der Waals surface area contributed by atoms with Crippen LogP contribution in [0.15, 0.2) is 59.2 Å². The monoisotopic (exact) mass is 307 g/mol. The number of nitrogens with one attached hydrogen (secondary N) is 1. The van der Waals surface area contributed by atoms with Crippen LogP contribution in [-0.4, -0.2) is 36.7 Å². The van der Waals surface area contributed by atoms with Gasteiger partial charge >= 0.3 is 0 Å². The van der Waals surface area contributed by atoms with Gasteiger partial charge in [0, 0.05) is 32.1 Å². The van der Waals surface area contributed by atoms with E-state index in [-0.39, 0.29) is 5.91 Å². The molecule has 117 valence electrons. The smallest absolute Gasteiger partial charge is 0.271 e. The van der Waals surface area contributed by atoms with Crippen LogP contribution in [0.5, 0.6) is 0 Å². The number of hydrogen-bond acceptors (Lipinski definition) is 4. The van der Waals surface area contributed by atoms with Gasteiger partial charge in [-0.05, 0) is 18.6 Å². The minimum absolute atomic E-state index is 0.129. The van der Waals surface area contributed by atoms with Crippen LogP contribution in [0, 0.1) is 17.9 Å². The molecule has 0 unspecified atom stereocenters. The first kappa shape index (κ1) is 16.5. The van der Waals surface area contributed by atoms with Crippen molar-refractivity contribution in [2.75, 3.05) is 20.1 Å². The summed E-state index contributed by atoms with van der Waals surface area (Å²) in [5.41, 5.74) is 2.14. The fraction of sp³-hybridized carbons (Fsp3) is 0.222. The van der Waals surface area contributed by atoms with Crippen molar-refractivity contribution in [3.8, 4) is 6.19 Å². The molecule has 0 atom stereocenters. The molecule has 1 aromatic carbocycles. The number of hydrogen-bond donors (Lipinski definition) is 1. The zero-order valence-electron chi connectivity index (χ0n) is 13.1. The van der Waals surface area contributed by atoms with Crippen molar-refractivity contribution in [2.45, 2.75) is 6.42 Å². The van der Waals surface area contributed by atoms with Crippen LogP contribution in [0.2, 0.25) is 0 Å². The number of likely N-dealkylation sites (N-methyl/N-ethyl adjacent to an activating group) is 1. The Hall–Kier alpha value is -2.87. The summed E-state index contributed by atoms with van der Waals surface area (Å²) in [4.78, 5) is 18.6. The number of aliphatic imine (C=N–C) groups is 1. The molecule has 1 radical (unpaired) electrons. The fourth-order valence-electron chi connectivity index (χ4n) is 2.14. The van der Waals surface area contributed by atoms with E-state index in [1.807, 2.05) is 55.1 Å². The number of nitrogens with zero attached hydrogens (tertiary/aromatic N) is 3. The van der Waals surface area contributed by atoms with E-state index < -0.39 is 0 Å². The number of rotatable bonds is 6. The van der Waals surface area contributed by atoms with Gasteiger partial charge in [0.15, 0.2) is 6.19 Å². The molecule has 5 nitrogen and oxygen atoms in total. The summed E-state index contributed by atoms with van der Waals surface area (Å²) in [6.45, 7) is 1.12. The molecule has 1 aliphatic rings. The van der Waals surface area contributed by atoms with Gasteiger partial charge in [0.25, 0.3) is 5.91 Å². The van der Waals surface area contributed by atoms with Gasteiger partial charge in [-0.25, -0.2) is 4.99 Å². The summed E-state index contributed by atoms with van der Waals surface area (Å²) >= 11 is 0. The summed E-state index contributed by atoms with van der Waals surface area (Å²) in [5.74, 6) is -0.129. The molecule has 1 N–H and O–H groups in total. The second-order valence-corrected chi connectivity index (χ2v) is 5.09. The average Bonchev–Trinajstić information content (AvgIpc) is 2.85. The van der Waals surface area contributed by atoms with Gasteiger partial charge in [0.05, 0.1) is 5.71 Å². The van der Waals surface area contributed by atoms with E-state index in [1.165, 1.54) is 0 Å². The van der Waals surface area contributed by atoms with Gasteiger partial charge in [-0.2, -0.15) is 5.26 Å². The minimum atomic E-state index is -0.129. The van der Waals surface area contributed by atoms with Crippen LogP contribution >= 0.6 is 0 Å². The lowest BCUT2D eigenvalue weighted by Gasteiger charge is -2.17. The van der Waals surface area contributed by atoms with Crippen molar-refractivity contribution in [2.24, 2.45) is 4.99 Å². The van der Waals surface area contributed by atoms with E-state index in [9.17, 15) is 4.79 Å². The molecule has 5 heteroatoms. The van der Waals surface area contributed by atoms with Crippen LogP contribution in [0.3, 0.4) is 0 Å². The van der Waals surface area contributed by atoms with Crippen LogP contribution < -0.4 is 5.32 Å². The molecule has 0 saturated carbocycles. The maximum Gasteiger partial charge on any atom is 0.271 e. The molecule has 0 aliphatic carbocycles. The predicted octanol–water partition coefficient (Wildman–Crippen LogP) is 2.05. The lowest BCUT2D eigenvalue weighted by molar-refractivity contribution is -0.125.